The average molecular weight is 402 g/mol. The minimum atomic E-state index is -0.641. The second kappa shape index (κ2) is 7.61. The summed E-state index contributed by atoms with van der Waals surface area (Å²) in [6.07, 6.45) is 0.530. The number of aromatic nitrogens is 1. The molecule has 0 radical (unpaired) electrons. The molecular formula is C15H14BrClN2O4. The van der Waals surface area contributed by atoms with E-state index in [0.29, 0.717) is 28.6 Å². The van der Waals surface area contributed by atoms with Gasteiger partial charge >= 0.3 is 5.97 Å². The summed E-state index contributed by atoms with van der Waals surface area (Å²) in [6.45, 7) is 3.03. The number of halogens is 2. The number of carbonyl (C=O) groups excluding carboxylic acids is 2. The molecule has 0 spiro atoms. The third-order valence-electron chi connectivity index (χ3n) is 3.01. The molecule has 1 N–H and O–H groups in total. The largest absolute Gasteiger partial charge is 0.452 e. The molecule has 23 heavy (non-hydrogen) atoms. The fourth-order valence-corrected chi connectivity index (χ4v) is 2.62. The molecule has 1 amide bonds. The Labute approximate surface area is 146 Å². The van der Waals surface area contributed by atoms with Gasteiger partial charge in [0.25, 0.3) is 5.91 Å². The second-order valence-corrected chi connectivity index (χ2v) is 5.99. The molecule has 6 nitrogen and oxygen atoms in total. The van der Waals surface area contributed by atoms with Crippen LogP contribution in [0.1, 0.15) is 28.7 Å². The monoisotopic (exact) mass is 400 g/mol. The van der Waals surface area contributed by atoms with Crippen LogP contribution in [-0.2, 0) is 16.0 Å². The molecule has 0 aliphatic heterocycles. The molecule has 0 saturated heterocycles. The lowest BCUT2D eigenvalue weighted by Crippen LogP contribution is -2.21. The third-order valence-corrected chi connectivity index (χ3v) is 3.82. The molecule has 0 aliphatic rings. The lowest BCUT2D eigenvalue weighted by Gasteiger charge is -2.08. The van der Waals surface area contributed by atoms with Crippen molar-refractivity contribution in [2.24, 2.45) is 0 Å². The van der Waals surface area contributed by atoms with Crippen molar-refractivity contribution < 1.29 is 18.8 Å². The Morgan fingerprint density at radius 1 is 1.43 bits per heavy atom. The van der Waals surface area contributed by atoms with Crippen LogP contribution in [0.3, 0.4) is 0 Å². The topological polar surface area (TPSA) is 81.4 Å². The first-order valence-corrected chi connectivity index (χ1v) is 7.96. The molecule has 0 aliphatic carbocycles. The number of amides is 1. The van der Waals surface area contributed by atoms with Crippen molar-refractivity contribution in [3.63, 3.8) is 0 Å². The van der Waals surface area contributed by atoms with E-state index in [0.717, 1.165) is 4.47 Å². The van der Waals surface area contributed by atoms with Gasteiger partial charge in [-0.15, -0.1) is 0 Å². The smallest absolute Gasteiger partial charge is 0.344 e. The minimum absolute atomic E-state index is 0.266. The van der Waals surface area contributed by atoms with E-state index in [9.17, 15) is 9.59 Å². The minimum Gasteiger partial charge on any atom is -0.452 e. The molecule has 8 heteroatoms. The Kier molecular flexibility index (Phi) is 5.79. The first-order valence-electron chi connectivity index (χ1n) is 6.79. The Bertz CT molecular complexity index is 745. The zero-order chi connectivity index (χ0) is 17.0. The van der Waals surface area contributed by atoms with Crippen LogP contribution in [0, 0.1) is 6.92 Å². The molecule has 0 atom stereocenters. The Morgan fingerprint density at radius 3 is 2.83 bits per heavy atom. The van der Waals surface area contributed by atoms with E-state index >= 15 is 0 Å². The second-order valence-electron chi connectivity index (χ2n) is 4.66. The van der Waals surface area contributed by atoms with Crippen LogP contribution >= 0.6 is 27.5 Å². The highest BCUT2D eigenvalue weighted by atomic mass is 79.9. The maximum Gasteiger partial charge on any atom is 0.344 e. The first kappa shape index (κ1) is 17.5. The van der Waals surface area contributed by atoms with Crippen molar-refractivity contribution in [1.82, 2.24) is 5.16 Å². The number of hydrogen-bond acceptors (Lipinski definition) is 5. The zero-order valence-electron chi connectivity index (χ0n) is 12.5. The van der Waals surface area contributed by atoms with E-state index < -0.39 is 18.5 Å². The Balaban J connectivity index is 1.96. The van der Waals surface area contributed by atoms with Crippen LogP contribution in [0.4, 0.5) is 5.69 Å². The van der Waals surface area contributed by atoms with Gasteiger partial charge in [0.1, 0.15) is 11.3 Å². The van der Waals surface area contributed by atoms with Crippen LogP contribution in [0.15, 0.2) is 27.2 Å². The average Bonchev–Trinajstić information content (AvgIpc) is 2.88. The van der Waals surface area contributed by atoms with Gasteiger partial charge in [0.15, 0.2) is 6.61 Å². The van der Waals surface area contributed by atoms with E-state index in [2.05, 4.69) is 26.4 Å². The van der Waals surface area contributed by atoms with Gasteiger partial charge in [-0.2, -0.15) is 0 Å². The summed E-state index contributed by atoms with van der Waals surface area (Å²) in [6, 6.07) is 5.03. The summed E-state index contributed by atoms with van der Waals surface area (Å²) >= 11 is 9.28. The number of nitrogens with zero attached hydrogens (tertiary/aromatic N) is 1. The van der Waals surface area contributed by atoms with Gasteiger partial charge in [-0.25, -0.2) is 4.79 Å². The van der Waals surface area contributed by atoms with Gasteiger partial charge in [-0.1, -0.05) is 39.6 Å². The highest BCUT2D eigenvalue weighted by molar-refractivity contribution is 9.10. The maximum absolute atomic E-state index is 12.0. The van der Waals surface area contributed by atoms with Crippen LogP contribution in [0.5, 0.6) is 0 Å². The summed E-state index contributed by atoms with van der Waals surface area (Å²) in [5.74, 6) is -0.768. The van der Waals surface area contributed by atoms with E-state index in [1.807, 2.05) is 6.92 Å². The number of benzene rings is 1. The molecule has 0 unspecified atom stereocenters. The van der Waals surface area contributed by atoms with Crippen molar-refractivity contribution >= 4 is 45.1 Å². The van der Waals surface area contributed by atoms with Crippen molar-refractivity contribution in [1.29, 1.82) is 0 Å². The lowest BCUT2D eigenvalue weighted by molar-refractivity contribution is -0.119. The molecule has 0 saturated carbocycles. The number of nitrogens with one attached hydrogen (secondary N) is 1. The van der Waals surface area contributed by atoms with Crippen molar-refractivity contribution in [2.75, 3.05) is 11.9 Å². The number of rotatable bonds is 5. The highest BCUT2D eigenvalue weighted by Gasteiger charge is 2.21. The molecule has 1 aromatic heterocycles. The van der Waals surface area contributed by atoms with E-state index in [-0.39, 0.29) is 5.56 Å². The molecular weight excluding hydrogens is 388 g/mol. The van der Waals surface area contributed by atoms with Crippen LogP contribution in [-0.4, -0.2) is 23.6 Å². The summed E-state index contributed by atoms with van der Waals surface area (Å²) in [5, 5.41) is 6.72. The number of carbonyl (C=O) groups is 2. The molecule has 1 heterocycles. The fraction of sp³-hybridized carbons (Fsp3) is 0.267. The maximum atomic E-state index is 12.0. The Hall–Kier alpha value is -1.86. The van der Waals surface area contributed by atoms with Crippen molar-refractivity contribution in [3.8, 4) is 0 Å². The summed E-state index contributed by atoms with van der Waals surface area (Å²) in [5.41, 5.74) is 1.21. The molecule has 122 valence electrons. The molecule has 0 bridgehead atoms. The van der Waals surface area contributed by atoms with E-state index in [1.165, 1.54) is 0 Å². The van der Waals surface area contributed by atoms with Gasteiger partial charge < -0.3 is 14.6 Å². The van der Waals surface area contributed by atoms with Gasteiger partial charge in [0, 0.05) is 4.47 Å². The third kappa shape index (κ3) is 4.33. The molecule has 1 aromatic carbocycles. The SMILES string of the molecule is CCc1noc(C)c1C(=O)OCC(=O)Nc1ccc(Br)cc1Cl. The van der Waals surface area contributed by atoms with Crippen LogP contribution in [0.25, 0.3) is 0 Å². The molecule has 0 fully saturated rings. The van der Waals surface area contributed by atoms with Gasteiger partial charge in [-0.3, -0.25) is 4.79 Å². The molecule has 2 aromatic rings. The van der Waals surface area contributed by atoms with Gasteiger partial charge in [-0.05, 0) is 31.5 Å². The fourth-order valence-electron chi connectivity index (χ4n) is 1.90. The first-order chi connectivity index (χ1) is 10.9. The highest BCUT2D eigenvalue weighted by Crippen LogP contribution is 2.25. The lowest BCUT2D eigenvalue weighted by atomic mass is 10.1. The van der Waals surface area contributed by atoms with E-state index in [4.69, 9.17) is 20.9 Å². The normalized spacial score (nSPS) is 10.4. The van der Waals surface area contributed by atoms with E-state index in [1.54, 1.807) is 25.1 Å². The predicted molar refractivity (Wildman–Crippen MR) is 88.7 cm³/mol. The quantitative estimate of drug-likeness (QED) is 0.772. The number of hydrogen-bond donors (Lipinski definition) is 1. The van der Waals surface area contributed by atoms with Crippen LogP contribution < -0.4 is 5.32 Å². The number of ether oxygens (including phenoxy) is 1. The van der Waals surface area contributed by atoms with Crippen molar-refractivity contribution in [2.45, 2.75) is 20.3 Å². The van der Waals surface area contributed by atoms with Gasteiger partial charge in [0.05, 0.1) is 16.4 Å². The Morgan fingerprint density at radius 2 is 2.17 bits per heavy atom. The summed E-state index contributed by atoms with van der Waals surface area (Å²) in [7, 11) is 0. The summed E-state index contributed by atoms with van der Waals surface area (Å²) < 4.78 is 10.8. The van der Waals surface area contributed by atoms with Gasteiger partial charge in [0.2, 0.25) is 0 Å². The number of aryl methyl sites for hydroxylation is 2. The molecule has 2 rings (SSSR count). The summed E-state index contributed by atoms with van der Waals surface area (Å²) in [4.78, 5) is 23.9. The number of anilines is 1. The standard InChI is InChI=1S/C15H14BrClN2O4/c1-3-11-14(8(2)23-19-11)15(21)22-7-13(20)18-12-5-4-9(16)6-10(12)17/h4-6H,3,7H2,1-2H3,(H,18,20). The predicted octanol–water partition coefficient (Wildman–Crippen LogP) is 3.76. The number of esters is 1. The van der Waals surface area contributed by atoms with Crippen LogP contribution in [0.2, 0.25) is 5.02 Å². The van der Waals surface area contributed by atoms with Crippen molar-refractivity contribution in [3.05, 3.63) is 44.7 Å². The zero-order valence-corrected chi connectivity index (χ0v) is 14.8.